The highest BCUT2D eigenvalue weighted by molar-refractivity contribution is 6.04. The topological polar surface area (TPSA) is 127 Å². The van der Waals surface area contributed by atoms with Gasteiger partial charge in [-0.3, -0.25) is 9.69 Å². The molecule has 0 bridgehead atoms. The first kappa shape index (κ1) is 23.1. The number of carbonyl (C=O) groups is 1. The van der Waals surface area contributed by atoms with Crippen molar-refractivity contribution in [2.75, 3.05) is 55.8 Å². The van der Waals surface area contributed by atoms with Gasteiger partial charge in [-0.05, 0) is 36.4 Å². The minimum absolute atomic E-state index is 0.169. The fourth-order valence-corrected chi connectivity index (χ4v) is 3.34. The predicted molar refractivity (Wildman–Crippen MR) is 131 cm³/mol. The number of amides is 1. The number of nitrogens with zero attached hydrogens (tertiary/aromatic N) is 4. The standard InChI is InChI=1S/C24H27N7O3/c25-22-21(16-28-34-15-12-31-10-13-33-14-11-31)23(27-17-26-22)29-19-6-8-20(9-7-19)30-24(32)18-4-2-1-3-5-18/h1-9,16-17H,10-15H2,(H,30,32)(H3,25,26,27,29). The van der Waals surface area contributed by atoms with Crippen molar-refractivity contribution in [3.63, 3.8) is 0 Å². The molecule has 1 saturated heterocycles. The molecule has 2 aromatic carbocycles. The van der Waals surface area contributed by atoms with Crippen molar-refractivity contribution >= 4 is 35.1 Å². The number of benzene rings is 2. The molecule has 1 aromatic heterocycles. The van der Waals surface area contributed by atoms with Gasteiger partial charge in [-0.15, -0.1) is 0 Å². The first-order valence-corrected chi connectivity index (χ1v) is 11.0. The lowest BCUT2D eigenvalue weighted by Gasteiger charge is -2.25. The maximum absolute atomic E-state index is 12.3. The Morgan fingerprint density at radius 3 is 2.59 bits per heavy atom. The van der Waals surface area contributed by atoms with E-state index in [0.29, 0.717) is 29.2 Å². The van der Waals surface area contributed by atoms with Crippen LogP contribution >= 0.6 is 0 Å². The number of hydrogen-bond donors (Lipinski definition) is 3. The summed E-state index contributed by atoms with van der Waals surface area (Å²) in [6.45, 7) is 4.53. The summed E-state index contributed by atoms with van der Waals surface area (Å²) in [6, 6.07) is 16.3. The first-order valence-electron chi connectivity index (χ1n) is 11.0. The third kappa shape index (κ3) is 6.50. The molecule has 1 aliphatic rings. The molecule has 1 aliphatic heterocycles. The molecule has 0 aliphatic carbocycles. The number of morpholine rings is 1. The highest BCUT2D eigenvalue weighted by Gasteiger charge is 2.11. The van der Waals surface area contributed by atoms with Crippen molar-refractivity contribution in [1.82, 2.24) is 14.9 Å². The van der Waals surface area contributed by atoms with Crippen LogP contribution in [0, 0.1) is 0 Å². The zero-order chi connectivity index (χ0) is 23.6. The monoisotopic (exact) mass is 461 g/mol. The van der Waals surface area contributed by atoms with Gasteiger partial charge in [-0.1, -0.05) is 23.4 Å². The Kier molecular flexibility index (Phi) is 7.99. The van der Waals surface area contributed by atoms with Crippen molar-refractivity contribution in [2.45, 2.75) is 0 Å². The molecule has 4 rings (SSSR count). The van der Waals surface area contributed by atoms with Crippen molar-refractivity contribution < 1.29 is 14.4 Å². The molecular formula is C24H27N7O3. The van der Waals surface area contributed by atoms with E-state index in [4.69, 9.17) is 15.3 Å². The molecule has 4 N–H and O–H groups in total. The van der Waals surface area contributed by atoms with E-state index in [1.165, 1.54) is 12.5 Å². The average molecular weight is 462 g/mol. The summed E-state index contributed by atoms with van der Waals surface area (Å²) < 4.78 is 5.34. The van der Waals surface area contributed by atoms with Gasteiger partial charge < -0.3 is 25.9 Å². The SMILES string of the molecule is Nc1ncnc(Nc2ccc(NC(=O)c3ccccc3)cc2)c1C=NOCCN1CCOCC1. The second-order valence-corrected chi connectivity index (χ2v) is 7.57. The third-order valence-electron chi connectivity index (χ3n) is 5.22. The van der Waals surface area contributed by atoms with E-state index in [1.54, 1.807) is 24.3 Å². The van der Waals surface area contributed by atoms with Gasteiger partial charge >= 0.3 is 0 Å². The summed E-state index contributed by atoms with van der Waals surface area (Å²) in [7, 11) is 0. The average Bonchev–Trinajstić information content (AvgIpc) is 2.87. The fraction of sp³-hybridized carbons (Fsp3) is 0.250. The van der Waals surface area contributed by atoms with Crippen molar-refractivity contribution in [3.8, 4) is 0 Å². The van der Waals surface area contributed by atoms with E-state index >= 15 is 0 Å². The van der Waals surface area contributed by atoms with Crippen LogP contribution in [-0.4, -0.2) is 66.4 Å². The zero-order valence-electron chi connectivity index (χ0n) is 18.7. The molecule has 10 nitrogen and oxygen atoms in total. The van der Waals surface area contributed by atoms with E-state index in [2.05, 4.69) is 30.7 Å². The number of anilines is 4. The summed E-state index contributed by atoms with van der Waals surface area (Å²) >= 11 is 0. The normalized spacial score (nSPS) is 14.1. The van der Waals surface area contributed by atoms with E-state index in [0.717, 1.165) is 38.5 Å². The minimum atomic E-state index is -0.169. The molecule has 0 saturated carbocycles. The van der Waals surface area contributed by atoms with Crippen LogP contribution in [0.2, 0.25) is 0 Å². The molecule has 0 radical (unpaired) electrons. The highest BCUT2D eigenvalue weighted by atomic mass is 16.6. The number of aromatic nitrogens is 2. The lowest BCUT2D eigenvalue weighted by Crippen LogP contribution is -2.38. The van der Waals surface area contributed by atoms with Gasteiger partial charge in [0.2, 0.25) is 0 Å². The Morgan fingerprint density at radius 1 is 1.09 bits per heavy atom. The highest BCUT2D eigenvalue weighted by Crippen LogP contribution is 2.22. The molecule has 10 heteroatoms. The largest absolute Gasteiger partial charge is 0.394 e. The van der Waals surface area contributed by atoms with Crippen LogP contribution in [0.4, 0.5) is 23.0 Å². The molecule has 34 heavy (non-hydrogen) atoms. The molecule has 3 aromatic rings. The van der Waals surface area contributed by atoms with Gasteiger partial charge in [-0.2, -0.15) is 0 Å². The first-order chi connectivity index (χ1) is 16.7. The van der Waals surface area contributed by atoms with E-state index < -0.39 is 0 Å². The summed E-state index contributed by atoms with van der Waals surface area (Å²) in [6.07, 6.45) is 2.88. The van der Waals surface area contributed by atoms with Crippen LogP contribution < -0.4 is 16.4 Å². The van der Waals surface area contributed by atoms with Crippen LogP contribution in [0.25, 0.3) is 0 Å². The Hall–Kier alpha value is -4.02. The fourth-order valence-electron chi connectivity index (χ4n) is 3.34. The number of carbonyl (C=O) groups excluding carboxylic acids is 1. The summed E-state index contributed by atoms with van der Waals surface area (Å²) in [4.78, 5) is 28.3. The number of oxime groups is 1. The van der Waals surface area contributed by atoms with Gasteiger partial charge in [0.1, 0.15) is 24.6 Å². The molecular weight excluding hydrogens is 434 g/mol. The Balaban J connectivity index is 1.34. The molecule has 1 fully saturated rings. The molecule has 0 atom stereocenters. The Morgan fingerprint density at radius 2 is 1.82 bits per heavy atom. The van der Waals surface area contributed by atoms with Gasteiger partial charge in [0.15, 0.2) is 0 Å². The lowest BCUT2D eigenvalue weighted by molar-refractivity contribution is 0.0214. The number of nitrogen functional groups attached to an aromatic ring is 1. The van der Waals surface area contributed by atoms with Crippen molar-refractivity contribution in [1.29, 1.82) is 0 Å². The van der Waals surface area contributed by atoms with E-state index in [-0.39, 0.29) is 11.7 Å². The predicted octanol–water partition coefficient (Wildman–Crippen LogP) is 2.74. The van der Waals surface area contributed by atoms with Crippen LogP contribution in [-0.2, 0) is 9.57 Å². The molecule has 0 unspecified atom stereocenters. The van der Waals surface area contributed by atoms with Gasteiger partial charge in [0.25, 0.3) is 5.91 Å². The summed E-state index contributed by atoms with van der Waals surface area (Å²) in [5.74, 6) is 0.607. The minimum Gasteiger partial charge on any atom is -0.394 e. The van der Waals surface area contributed by atoms with Crippen LogP contribution in [0.15, 0.2) is 66.1 Å². The van der Waals surface area contributed by atoms with Crippen LogP contribution in [0.5, 0.6) is 0 Å². The zero-order valence-corrected chi connectivity index (χ0v) is 18.7. The quantitative estimate of drug-likeness (QED) is 0.252. The molecule has 0 spiro atoms. The van der Waals surface area contributed by atoms with Crippen LogP contribution in [0.3, 0.4) is 0 Å². The van der Waals surface area contributed by atoms with Gasteiger partial charge in [0.05, 0.1) is 25.0 Å². The van der Waals surface area contributed by atoms with Gasteiger partial charge in [-0.25, -0.2) is 9.97 Å². The number of ether oxygens (including phenoxy) is 1. The number of hydrogen-bond acceptors (Lipinski definition) is 9. The van der Waals surface area contributed by atoms with E-state index in [9.17, 15) is 4.79 Å². The molecule has 176 valence electrons. The molecule has 2 heterocycles. The number of nitrogens with two attached hydrogens (primary N) is 1. The summed E-state index contributed by atoms with van der Waals surface area (Å²) in [5.41, 5.74) is 8.59. The second-order valence-electron chi connectivity index (χ2n) is 7.57. The van der Waals surface area contributed by atoms with Crippen LogP contribution in [0.1, 0.15) is 15.9 Å². The second kappa shape index (κ2) is 11.7. The van der Waals surface area contributed by atoms with Crippen molar-refractivity contribution in [2.24, 2.45) is 5.16 Å². The number of rotatable bonds is 9. The smallest absolute Gasteiger partial charge is 0.255 e. The summed E-state index contributed by atoms with van der Waals surface area (Å²) in [5, 5.41) is 10.1. The number of nitrogens with one attached hydrogen (secondary N) is 2. The van der Waals surface area contributed by atoms with Gasteiger partial charge in [0, 0.05) is 36.6 Å². The maximum Gasteiger partial charge on any atom is 0.255 e. The maximum atomic E-state index is 12.3. The van der Waals surface area contributed by atoms with Crippen molar-refractivity contribution in [3.05, 3.63) is 72.1 Å². The van der Waals surface area contributed by atoms with E-state index in [1.807, 2.05) is 30.3 Å². The lowest BCUT2D eigenvalue weighted by atomic mass is 10.2. The third-order valence-corrected chi connectivity index (χ3v) is 5.22. The molecule has 1 amide bonds. The Bertz CT molecular complexity index is 1100. The Labute approximate surface area is 197 Å².